The fourth-order valence-electron chi connectivity index (χ4n) is 1.92. The molecule has 2 rings (SSSR count). The molecule has 8 heteroatoms. The van der Waals surface area contributed by atoms with Crippen LogP contribution >= 0.6 is 23.2 Å². The highest BCUT2D eigenvalue weighted by Crippen LogP contribution is 2.33. The van der Waals surface area contributed by atoms with Crippen LogP contribution in [0.4, 0.5) is 0 Å². The monoisotopic (exact) mass is 366 g/mol. The van der Waals surface area contributed by atoms with E-state index in [1.54, 1.807) is 31.4 Å². The molecule has 0 aliphatic heterocycles. The maximum Gasteiger partial charge on any atom is 0.211 e. The molecule has 6 nitrogen and oxygen atoms in total. The average Bonchev–Trinajstić information content (AvgIpc) is 2.54. The van der Waals surface area contributed by atoms with Crippen LogP contribution in [0.5, 0.6) is 11.5 Å². The van der Waals surface area contributed by atoms with Gasteiger partial charge in [0.25, 0.3) is 0 Å². The fraction of sp³-hybridized carbons (Fsp3) is 0.125. The number of halogens is 2. The van der Waals surface area contributed by atoms with Crippen molar-refractivity contribution in [1.82, 2.24) is 0 Å². The quantitative estimate of drug-likeness (QED) is 0.466. The molecule has 24 heavy (non-hydrogen) atoms. The van der Waals surface area contributed by atoms with E-state index in [0.717, 1.165) is 11.1 Å². The van der Waals surface area contributed by atoms with E-state index in [2.05, 4.69) is 10.2 Å². The van der Waals surface area contributed by atoms with Crippen molar-refractivity contribution >= 4 is 35.4 Å². The van der Waals surface area contributed by atoms with Gasteiger partial charge in [-0.1, -0.05) is 29.3 Å². The van der Waals surface area contributed by atoms with Gasteiger partial charge in [0, 0.05) is 5.56 Å². The molecule has 0 saturated carbocycles. The third kappa shape index (κ3) is 4.78. The summed E-state index contributed by atoms with van der Waals surface area (Å²) in [5.74, 6) is 0.969. The van der Waals surface area contributed by atoms with Gasteiger partial charge in [0.05, 0.1) is 23.4 Å². The third-order valence-electron chi connectivity index (χ3n) is 2.98. The number of nitrogens with zero attached hydrogens (tertiary/aromatic N) is 2. The zero-order valence-corrected chi connectivity index (χ0v) is 14.4. The summed E-state index contributed by atoms with van der Waals surface area (Å²) >= 11 is 12.2. The predicted octanol–water partition coefficient (Wildman–Crippen LogP) is 3.19. The highest BCUT2D eigenvalue weighted by Gasteiger charge is 2.10. The van der Waals surface area contributed by atoms with E-state index in [9.17, 15) is 0 Å². The van der Waals surface area contributed by atoms with Gasteiger partial charge in [-0.05, 0) is 35.9 Å². The molecule has 0 radical (unpaired) electrons. The molecule has 0 amide bonds. The first-order valence-corrected chi connectivity index (χ1v) is 7.62. The molecule has 0 spiro atoms. The lowest BCUT2D eigenvalue weighted by Gasteiger charge is -2.13. The molecule has 126 valence electrons. The van der Waals surface area contributed by atoms with E-state index in [1.807, 2.05) is 12.1 Å². The maximum absolute atomic E-state index is 6.10. The highest BCUT2D eigenvalue weighted by atomic mass is 35.5. The lowest BCUT2D eigenvalue weighted by Crippen LogP contribution is -2.21. The van der Waals surface area contributed by atoms with Crippen LogP contribution < -0.4 is 20.9 Å². The number of para-hydroxylation sites is 1. The molecular weight excluding hydrogens is 351 g/mol. The summed E-state index contributed by atoms with van der Waals surface area (Å²) in [7, 11) is 1.58. The first kappa shape index (κ1) is 17.9. The SMILES string of the molecule is COc1ccc(C=NN=C(N)N)cc1COc1c(Cl)cccc1Cl. The minimum absolute atomic E-state index is 0.114. The topological polar surface area (TPSA) is 95.2 Å². The van der Waals surface area contributed by atoms with Crippen molar-refractivity contribution in [2.24, 2.45) is 21.7 Å². The first-order chi connectivity index (χ1) is 11.5. The van der Waals surface area contributed by atoms with Gasteiger partial charge in [0.1, 0.15) is 12.4 Å². The molecular formula is C16H16Cl2N4O2. The Morgan fingerprint density at radius 2 is 1.88 bits per heavy atom. The number of hydrogen-bond donors (Lipinski definition) is 2. The van der Waals surface area contributed by atoms with Crippen LogP contribution in [0.1, 0.15) is 11.1 Å². The minimum Gasteiger partial charge on any atom is -0.496 e. The Bertz CT molecular complexity index is 754. The van der Waals surface area contributed by atoms with Crippen molar-refractivity contribution in [3.63, 3.8) is 0 Å². The molecule has 0 aliphatic carbocycles. The maximum atomic E-state index is 6.10. The molecule has 2 aromatic carbocycles. The standard InChI is InChI=1S/C16H16Cl2N4O2/c1-23-14-6-5-10(8-21-22-16(19)20)7-11(14)9-24-15-12(17)3-2-4-13(15)18/h2-8H,9H2,1H3,(H4,19,20,22). The Morgan fingerprint density at radius 1 is 1.17 bits per heavy atom. The van der Waals surface area contributed by atoms with Gasteiger partial charge in [0.2, 0.25) is 5.96 Å². The normalized spacial score (nSPS) is 10.6. The summed E-state index contributed by atoms with van der Waals surface area (Å²) in [6.45, 7) is 0.219. The van der Waals surface area contributed by atoms with Gasteiger partial charge in [-0.25, -0.2) is 0 Å². The van der Waals surface area contributed by atoms with Crippen molar-refractivity contribution in [2.75, 3.05) is 7.11 Å². The molecule has 0 heterocycles. The lowest BCUT2D eigenvalue weighted by molar-refractivity contribution is 0.297. The van der Waals surface area contributed by atoms with Gasteiger partial charge in [-0.2, -0.15) is 5.10 Å². The second-order valence-corrected chi connectivity index (χ2v) is 5.49. The van der Waals surface area contributed by atoms with Crippen molar-refractivity contribution in [2.45, 2.75) is 6.61 Å². The van der Waals surface area contributed by atoms with Crippen LogP contribution in [0.2, 0.25) is 10.0 Å². The molecule has 0 bridgehead atoms. The molecule has 4 N–H and O–H groups in total. The third-order valence-corrected chi connectivity index (χ3v) is 3.57. The van der Waals surface area contributed by atoms with E-state index in [-0.39, 0.29) is 12.6 Å². The fourth-order valence-corrected chi connectivity index (χ4v) is 2.43. The Hall–Kier alpha value is -2.44. The Labute approximate surface area is 149 Å². The van der Waals surface area contributed by atoms with E-state index < -0.39 is 0 Å². The Morgan fingerprint density at radius 3 is 2.50 bits per heavy atom. The van der Waals surface area contributed by atoms with Crippen molar-refractivity contribution in [3.05, 3.63) is 57.6 Å². The lowest BCUT2D eigenvalue weighted by atomic mass is 10.1. The number of rotatable bonds is 6. The number of guanidine groups is 1. The highest BCUT2D eigenvalue weighted by molar-refractivity contribution is 6.37. The number of benzene rings is 2. The Balaban J connectivity index is 2.22. The smallest absolute Gasteiger partial charge is 0.211 e. The second-order valence-electron chi connectivity index (χ2n) is 4.68. The summed E-state index contributed by atoms with van der Waals surface area (Å²) in [6, 6.07) is 10.6. The largest absolute Gasteiger partial charge is 0.496 e. The van der Waals surface area contributed by atoms with E-state index in [1.165, 1.54) is 6.21 Å². The number of hydrogen-bond acceptors (Lipinski definition) is 4. The molecule has 2 aromatic rings. The van der Waals surface area contributed by atoms with Crippen LogP contribution in [0.3, 0.4) is 0 Å². The van der Waals surface area contributed by atoms with Gasteiger partial charge in [-0.3, -0.25) is 0 Å². The summed E-state index contributed by atoms with van der Waals surface area (Å²) in [5.41, 5.74) is 12.0. The molecule has 0 fully saturated rings. The van der Waals surface area contributed by atoms with Crippen LogP contribution in [-0.2, 0) is 6.61 Å². The van der Waals surface area contributed by atoms with Gasteiger partial charge in [-0.15, -0.1) is 5.10 Å². The van der Waals surface area contributed by atoms with E-state index in [0.29, 0.717) is 21.5 Å². The van der Waals surface area contributed by atoms with Crippen molar-refractivity contribution < 1.29 is 9.47 Å². The summed E-state index contributed by atoms with van der Waals surface area (Å²) in [6.07, 6.45) is 1.52. The van der Waals surface area contributed by atoms with E-state index in [4.69, 9.17) is 44.1 Å². The van der Waals surface area contributed by atoms with Crippen LogP contribution in [-0.4, -0.2) is 19.3 Å². The molecule has 0 aliphatic rings. The second kappa shape index (κ2) is 8.42. The van der Waals surface area contributed by atoms with E-state index >= 15 is 0 Å². The summed E-state index contributed by atoms with van der Waals surface area (Å²) < 4.78 is 11.1. The first-order valence-electron chi connectivity index (χ1n) is 6.87. The average molecular weight is 367 g/mol. The van der Waals surface area contributed by atoms with Gasteiger partial charge >= 0.3 is 0 Å². The number of ether oxygens (including phenoxy) is 2. The van der Waals surface area contributed by atoms with Crippen molar-refractivity contribution in [1.29, 1.82) is 0 Å². The molecule has 0 unspecified atom stereocenters. The molecule has 0 atom stereocenters. The summed E-state index contributed by atoms with van der Waals surface area (Å²) in [5, 5.41) is 8.20. The number of nitrogens with two attached hydrogens (primary N) is 2. The Kier molecular flexibility index (Phi) is 6.28. The zero-order valence-electron chi connectivity index (χ0n) is 12.9. The molecule has 0 aromatic heterocycles. The summed E-state index contributed by atoms with van der Waals surface area (Å²) in [4.78, 5) is 0. The van der Waals surface area contributed by atoms with Gasteiger partial charge < -0.3 is 20.9 Å². The van der Waals surface area contributed by atoms with Crippen LogP contribution in [0.15, 0.2) is 46.6 Å². The molecule has 0 saturated heterocycles. The van der Waals surface area contributed by atoms with Crippen LogP contribution in [0, 0.1) is 0 Å². The van der Waals surface area contributed by atoms with Gasteiger partial charge in [0.15, 0.2) is 5.75 Å². The predicted molar refractivity (Wildman–Crippen MR) is 97.2 cm³/mol. The van der Waals surface area contributed by atoms with Crippen LogP contribution in [0.25, 0.3) is 0 Å². The number of methoxy groups -OCH3 is 1. The zero-order chi connectivity index (χ0) is 17.5. The minimum atomic E-state index is -0.114. The van der Waals surface area contributed by atoms with Crippen molar-refractivity contribution in [3.8, 4) is 11.5 Å².